The van der Waals surface area contributed by atoms with Crippen molar-refractivity contribution in [3.8, 4) is 0 Å². The molecule has 2 heterocycles. The number of thioether (sulfide) groups is 1. The Kier molecular flexibility index (Phi) is 3.25. The molecule has 1 aromatic carbocycles. The van der Waals surface area contributed by atoms with Crippen LogP contribution in [0.5, 0.6) is 0 Å². The van der Waals surface area contributed by atoms with Gasteiger partial charge in [0.1, 0.15) is 0 Å². The van der Waals surface area contributed by atoms with Crippen molar-refractivity contribution in [1.82, 2.24) is 14.8 Å². The van der Waals surface area contributed by atoms with Crippen LogP contribution in [0.2, 0.25) is 0 Å². The van der Waals surface area contributed by atoms with Crippen LogP contribution < -0.4 is 0 Å². The van der Waals surface area contributed by atoms with Crippen molar-refractivity contribution < 1.29 is 4.39 Å². The summed E-state index contributed by atoms with van der Waals surface area (Å²) >= 11 is 1.71. The monoisotopic (exact) mass is 303 g/mol. The maximum Gasteiger partial charge on any atom is 0.209 e. The third kappa shape index (κ3) is 2.37. The van der Waals surface area contributed by atoms with E-state index in [1.54, 1.807) is 16.4 Å². The average Bonchev–Trinajstić information content (AvgIpc) is 2.99. The van der Waals surface area contributed by atoms with E-state index in [1.165, 1.54) is 12.8 Å². The molecule has 0 radical (unpaired) electrons. The number of rotatable bonds is 3. The summed E-state index contributed by atoms with van der Waals surface area (Å²) in [6.07, 6.45) is 1.88. The Hall–Kier alpha value is -1.36. The van der Waals surface area contributed by atoms with Gasteiger partial charge in [0, 0.05) is 11.7 Å². The van der Waals surface area contributed by atoms with Crippen LogP contribution in [0.1, 0.15) is 49.8 Å². The molecule has 1 aromatic heterocycles. The number of fused-ring (bicyclic) bond motifs is 1. The van der Waals surface area contributed by atoms with Crippen LogP contribution in [0, 0.1) is 5.92 Å². The van der Waals surface area contributed by atoms with E-state index >= 15 is 0 Å². The van der Waals surface area contributed by atoms with Gasteiger partial charge in [-0.2, -0.15) is 0 Å². The molecule has 0 amide bonds. The highest BCUT2D eigenvalue weighted by molar-refractivity contribution is 7.99. The fourth-order valence-electron chi connectivity index (χ4n) is 3.24. The van der Waals surface area contributed by atoms with Gasteiger partial charge in [0.15, 0.2) is 12.0 Å². The number of nitrogens with zero attached hydrogens (tertiary/aromatic N) is 3. The standard InChI is InChI=1S/C16H18FN3S/c1-10-7-12(8-10)21-16-18-15-13(17)9-14(20(15)19-16)11-5-3-2-4-6-11/h2-6,10,12-14H,7-9H2,1H3/t10-,12-,13-,14-/m0/s1. The van der Waals surface area contributed by atoms with E-state index in [-0.39, 0.29) is 6.04 Å². The topological polar surface area (TPSA) is 30.7 Å². The molecule has 0 N–H and O–H groups in total. The Labute approximate surface area is 128 Å². The van der Waals surface area contributed by atoms with Gasteiger partial charge in [-0.25, -0.2) is 14.1 Å². The van der Waals surface area contributed by atoms with Crippen molar-refractivity contribution in [3.05, 3.63) is 41.7 Å². The van der Waals surface area contributed by atoms with Crippen molar-refractivity contribution in [2.24, 2.45) is 5.92 Å². The molecule has 1 saturated carbocycles. The third-order valence-corrected chi connectivity index (χ3v) is 5.53. The molecule has 2 aromatic rings. The quantitative estimate of drug-likeness (QED) is 0.852. The van der Waals surface area contributed by atoms with Gasteiger partial charge in [-0.05, 0) is 24.3 Å². The molecule has 110 valence electrons. The molecule has 21 heavy (non-hydrogen) atoms. The average molecular weight is 303 g/mol. The van der Waals surface area contributed by atoms with Crippen LogP contribution in [0.15, 0.2) is 35.5 Å². The number of alkyl halides is 1. The Morgan fingerprint density at radius 3 is 2.67 bits per heavy atom. The van der Waals surface area contributed by atoms with Crippen molar-refractivity contribution in [1.29, 1.82) is 0 Å². The number of aromatic nitrogens is 3. The highest BCUT2D eigenvalue weighted by atomic mass is 32.2. The first-order valence-electron chi connectivity index (χ1n) is 7.53. The first-order chi connectivity index (χ1) is 10.2. The van der Waals surface area contributed by atoms with Crippen LogP contribution in [-0.4, -0.2) is 20.0 Å². The molecule has 0 spiro atoms. The minimum atomic E-state index is -1.00. The van der Waals surface area contributed by atoms with Crippen LogP contribution in [-0.2, 0) is 0 Å². The lowest BCUT2D eigenvalue weighted by Crippen LogP contribution is -2.23. The summed E-state index contributed by atoms with van der Waals surface area (Å²) in [4.78, 5) is 4.43. The first-order valence-corrected chi connectivity index (χ1v) is 8.41. The number of hydrogen-bond acceptors (Lipinski definition) is 3. The summed E-state index contributed by atoms with van der Waals surface area (Å²) in [6.45, 7) is 2.26. The van der Waals surface area contributed by atoms with Crippen LogP contribution in [0.4, 0.5) is 4.39 Å². The van der Waals surface area contributed by atoms with Gasteiger partial charge >= 0.3 is 0 Å². The van der Waals surface area contributed by atoms with E-state index in [4.69, 9.17) is 0 Å². The van der Waals surface area contributed by atoms with E-state index in [1.807, 2.05) is 30.3 Å². The van der Waals surface area contributed by atoms with Crippen LogP contribution >= 0.6 is 11.8 Å². The molecule has 5 heteroatoms. The molecule has 2 atom stereocenters. The Bertz CT molecular complexity index is 636. The van der Waals surface area contributed by atoms with Gasteiger partial charge in [-0.3, -0.25) is 0 Å². The van der Waals surface area contributed by atoms with E-state index in [0.717, 1.165) is 16.6 Å². The van der Waals surface area contributed by atoms with Crippen molar-refractivity contribution >= 4 is 11.8 Å². The minimum absolute atomic E-state index is 0.0154. The largest absolute Gasteiger partial charge is 0.239 e. The van der Waals surface area contributed by atoms with Gasteiger partial charge in [0.25, 0.3) is 0 Å². The van der Waals surface area contributed by atoms with Gasteiger partial charge in [0.2, 0.25) is 5.16 Å². The zero-order valence-corrected chi connectivity index (χ0v) is 12.8. The van der Waals surface area contributed by atoms with Gasteiger partial charge in [-0.15, -0.1) is 5.10 Å². The zero-order chi connectivity index (χ0) is 14.4. The normalized spacial score (nSPS) is 31.0. The third-order valence-electron chi connectivity index (χ3n) is 4.43. The SMILES string of the molecule is C[C@H]1C[C@H](Sc2nc3n(n2)[C@H](c2ccccc2)C[C@@H]3F)C1. The lowest BCUT2D eigenvalue weighted by molar-refractivity contribution is 0.326. The smallest absolute Gasteiger partial charge is 0.209 e. The molecule has 1 aliphatic heterocycles. The Balaban J connectivity index is 1.59. The second-order valence-electron chi connectivity index (χ2n) is 6.14. The molecule has 2 aliphatic rings. The Morgan fingerprint density at radius 1 is 1.19 bits per heavy atom. The fourth-order valence-corrected chi connectivity index (χ4v) is 4.66. The molecule has 1 fully saturated rings. The van der Waals surface area contributed by atoms with Crippen molar-refractivity contribution in [2.75, 3.05) is 0 Å². The first kappa shape index (κ1) is 13.3. The minimum Gasteiger partial charge on any atom is -0.239 e. The zero-order valence-electron chi connectivity index (χ0n) is 11.9. The van der Waals surface area contributed by atoms with E-state index in [0.29, 0.717) is 17.5 Å². The van der Waals surface area contributed by atoms with Crippen molar-refractivity contribution in [2.45, 2.75) is 48.8 Å². The molecule has 0 unspecified atom stereocenters. The number of benzene rings is 1. The van der Waals surface area contributed by atoms with E-state index < -0.39 is 6.17 Å². The summed E-state index contributed by atoms with van der Waals surface area (Å²) in [7, 11) is 0. The number of hydrogen-bond donors (Lipinski definition) is 0. The van der Waals surface area contributed by atoms with E-state index in [2.05, 4.69) is 17.0 Å². The summed E-state index contributed by atoms with van der Waals surface area (Å²) in [5, 5.41) is 5.92. The highest BCUT2D eigenvalue weighted by Crippen LogP contribution is 2.43. The summed E-state index contributed by atoms with van der Waals surface area (Å²) in [5.74, 6) is 1.31. The van der Waals surface area contributed by atoms with E-state index in [9.17, 15) is 4.39 Å². The fraction of sp³-hybridized carbons (Fsp3) is 0.500. The van der Waals surface area contributed by atoms with Crippen LogP contribution in [0.25, 0.3) is 0 Å². The molecule has 0 bridgehead atoms. The van der Waals surface area contributed by atoms with Gasteiger partial charge < -0.3 is 0 Å². The second-order valence-corrected chi connectivity index (χ2v) is 7.41. The molecule has 0 saturated heterocycles. The van der Waals surface area contributed by atoms with Crippen molar-refractivity contribution in [3.63, 3.8) is 0 Å². The molecule has 3 nitrogen and oxygen atoms in total. The Morgan fingerprint density at radius 2 is 1.95 bits per heavy atom. The maximum absolute atomic E-state index is 14.2. The van der Waals surface area contributed by atoms with Gasteiger partial charge in [0.05, 0.1) is 6.04 Å². The molecular formula is C16H18FN3S. The molecular weight excluding hydrogens is 285 g/mol. The summed E-state index contributed by atoms with van der Waals surface area (Å²) in [5.41, 5.74) is 1.11. The maximum atomic E-state index is 14.2. The second kappa shape index (κ2) is 5.13. The predicted molar refractivity (Wildman–Crippen MR) is 81.1 cm³/mol. The van der Waals surface area contributed by atoms with Crippen LogP contribution in [0.3, 0.4) is 0 Å². The lowest BCUT2D eigenvalue weighted by Gasteiger charge is -2.30. The highest BCUT2D eigenvalue weighted by Gasteiger charge is 2.36. The number of halogens is 1. The molecule has 1 aliphatic carbocycles. The predicted octanol–water partition coefficient (Wildman–Crippen LogP) is 4.17. The lowest BCUT2D eigenvalue weighted by atomic mass is 9.87. The summed E-state index contributed by atoms with van der Waals surface area (Å²) < 4.78 is 16.0. The summed E-state index contributed by atoms with van der Waals surface area (Å²) in [6, 6.07) is 10.0. The molecule has 4 rings (SSSR count). The van der Waals surface area contributed by atoms with Gasteiger partial charge in [-0.1, -0.05) is 49.0 Å².